The highest BCUT2D eigenvalue weighted by atomic mass is 16.2. The highest BCUT2D eigenvalue weighted by Gasteiger charge is 2.58. The number of likely N-dealkylation sites (tertiary alicyclic amines) is 1. The van der Waals surface area contributed by atoms with E-state index in [-0.39, 0.29) is 42.3 Å². The first-order chi connectivity index (χ1) is 11.8. The number of nitrogens with one attached hydrogen (secondary N) is 1. The highest BCUT2D eigenvalue weighted by Crippen LogP contribution is 2.42. The van der Waals surface area contributed by atoms with E-state index in [9.17, 15) is 14.4 Å². The van der Waals surface area contributed by atoms with Crippen LogP contribution in [-0.4, -0.2) is 51.8 Å². The van der Waals surface area contributed by atoms with Gasteiger partial charge >= 0.3 is 6.03 Å². The summed E-state index contributed by atoms with van der Waals surface area (Å²) in [6.45, 7) is 8.03. The fourth-order valence-corrected chi connectivity index (χ4v) is 5.23. The summed E-state index contributed by atoms with van der Waals surface area (Å²) >= 11 is 0. The second-order valence-corrected chi connectivity index (χ2v) is 8.35. The van der Waals surface area contributed by atoms with Crippen molar-refractivity contribution in [3.63, 3.8) is 0 Å². The SMILES string of the molecule is CC1CCCC(C)N1C(=O)CN1C(=O)NC2(C1=O)C(C)CCCC2C. The number of hydrogen-bond acceptors (Lipinski definition) is 3. The van der Waals surface area contributed by atoms with Crippen molar-refractivity contribution < 1.29 is 14.4 Å². The third-order valence-corrected chi connectivity index (χ3v) is 6.76. The van der Waals surface area contributed by atoms with Crippen LogP contribution in [-0.2, 0) is 9.59 Å². The van der Waals surface area contributed by atoms with Crippen LogP contribution in [0.5, 0.6) is 0 Å². The number of carbonyl (C=O) groups is 3. The quantitative estimate of drug-likeness (QED) is 0.779. The van der Waals surface area contributed by atoms with Gasteiger partial charge in [-0.1, -0.05) is 20.3 Å². The molecule has 2 aliphatic heterocycles. The maximum absolute atomic E-state index is 13.2. The smallest absolute Gasteiger partial charge is 0.325 e. The second-order valence-electron chi connectivity index (χ2n) is 8.35. The van der Waals surface area contributed by atoms with Gasteiger partial charge in [0.2, 0.25) is 5.91 Å². The van der Waals surface area contributed by atoms with E-state index in [0.717, 1.165) is 43.4 Å². The molecule has 0 bridgehead atoms. The molecule has 1 saturated carbocycles. The molecule has 2 saturated heterocycles. The predicted molar refractivity (Wildman–Crippen MR) is 94.8 cm³/mol. The van der Waals surface area contributed by atoms with Crippen molar-refractivity contribution in [1.82, 2.24) is 15.1 Å². The molecule has 1 spiro atoms. The summed E-state index contributed by atoms with van der Waals surface area (Å²) < 4.78 is 0. The van der Waals surface area contributed by atoms with E-state index in [4.69, 9.17) is 0 Å². The molecule has 4 atom stereocenters. The minimum absolute atomic E-state index is 0.0978. The van der Waals surface area contributed by atoms with Gasteiger partial charge in [-0.15, -0.1) is 0 Å². The molecule has 1 N–H and O–H groups in total. The van der Waals surface area contributed by atoms with Gasteiger partial charge in [0.25, 0.3) is 5.91 Å². The van der Waals surface area contributed by atoms with Crippen LogP contribution in [0.25, 0.3) is 0 Å². The number of amides is 4. The number of piperidine rings is 1. The fourth-order valence-electron chi connectivity index (χ4n) is 5.23. The molecule has 1 aliphatic carbocycles. The summed E-state index contributed by atoms with van der Waals surface area (Å²) in [6.07, 6.45) is 6.02. The Bertz CT molecular complexity index is 556. The molecule has 0 aromatic rings. The van der Waals surface area contributed by atoms with E-state index >= 15 is 0 Å². The molecule has 3 rings (SSSR count). The molecule has 6 heteroatoms. The number of carbonyl (C=O) groups excluding carboxylic acids is 3. The maximum Gasteiger partial charge on any atom is 0.325 e. The monoisotopic (exact) mass is 349 g/mol. The summed E-state index contributed by atoms with van der Waals surface area (Å²) in [5.74, 6) is -0.125. The van der Waals surface area contributed by atoms with E-state index in [1.165, 1.54) is 0 Å². The molecular weight excluding hydrogens is 318 g/mol. The zero-order valence-corrected chi connectivity index (χ0v) is 15.9. The molecule has 0 aromatic heterocycles. The Kier molecular flexibility index (Phi) is 4.82. The van der Waals surface area contributed by atoms with Gasteiger partial charge in [-0.05, 0) is 57.8 Å². The summed E-state index contributed by atoms with van der Waals surface area (Å²) in [5, 5.41) is 2.97. The Hall–Kier alpha value is -1.59. The van der Waals surface area contributed by atoms with Crippen molar-refractivity contribution >= 4 is 17.8 Å². The van der Waals surface area contributed by atoms with Crippen molar-refractivity contribution in [2.75, 3.05) is 6.54 Å². The van der Waals surface area contributed by atoms with Crippen LogP contribution in [0.4, 0.5) is 4.79 Å². The van der Waals surface area contributed by atoms with Gasteiger partial charge in [-0.25, -0.2) is 4.79 Å². The number of nitrogens with zero attached hydrogens (tertiary/aromatic N) is 2. The second kappa shape index (κ2) is 6.61. The summed E-state index contributed by atoms with van der Waals surface area (Å²) in [6, 6.07) is -0.0757. The average Bonchev–Trinajstić information content (AvgIpc) is 2.78. The van der Waals surface area contributed by atoms with Gasteiger partial charge in [-0.2, -0.15) is 0 Å². The highest BCUT2D eigenvalue weighted by molar-refractivity contribution is 6.09. The molecule has 25 heavy (non-hydrogen) atoms. The van der Waals surface area contributed by atoms with Crippen LogP contribution < -0.4 is 5.32 Å². The first kappa shape index (κ1) is 18.2. The van der Waals surface area contributed by atoms with Gasteiger partial charge in [0.05, 0.1) is 0 Å². The first-order valence-electron chi connectivity index (χ1n) is 9.74. The lowest BCUT2D eigenvalue weighted by Gasteiger charge is -2.42. The van der Waals surface area contributed by atoms with Crippen molar-refractivity contribution in [3.8, 4) is 0 Å². The zero-order valence-electron chi connectivity index (χ0n) is 15.9. The molecule has 4 unspecified atom stereocenters. The van der Waals surface area contributed by atoms with Gasteiger partial charge in [0.15, 0.2) is 0 Å². The largest absolute Gasteiger partial charge is 0.336 e. The minimum atomic E-state index is -0.825. The van der Waals surface area contributed by atoms with E-state index in [1.807, 2.05) is 32.6 Å². The Morgan fingerprint density at radius 3 is 2.08 bits per heavy atom. The van der Waals surface area contributed by atoms with Crippen molar-refractivity contribution in [2.24, 2.45) is 11.8 Å². The van der Waals surface area contributed by atoms with E-state index in [2.05, 4.69) is 5.32 Å². The van der Waals surface area contributed by atoms with E-state index in [1.54, 1.807) is 0 Å². The fraction of sp³-hybridized carbons (Fsp3) is 0.842. The Balaban J connectivity index is 1.78. The molecule has 3 fully saturated rings. The molecule has 3 aliphatic rings. The van der Waals surface area contributed by atoms with Gasteiger partial charge < -0.3 is 10.2 Å². The minimum Gasteiger partial charge on any atom is -0.336 e. The van der Waals surface area contributed by atoms with Crippen molar-refractivity contribution in [1.29, 1.82) is 0 Å². The van der Waals surface area contributed by atoms with Crippen molar-refractivity contribution in [3.05, 3.63) is 0 Å². The molecule has 2 heterocycles. The van der Waals surface area contributed by atoms with Gasteiger partial charge in [-0.3, -0.25) is 14.5 Å². The van der Waals surface area contributed by atoms with Crippen LogP contribution in [0, 0.1) is 11.8 Å². The van der Waals surface area contributed by atoms with Crippen LogP contribution in [0.2, 0.25) is 0 Å². The molecule has 0 radical (unpaired) electrons. The van der Waals surface area contributed by atoms with E-state index in [0.29, 0.717) is 0 Å². The number of rotatable bonds is 2. The first-order valence-corrected chi connectivity index (χ1v) is 9.74. The number of urea groups is 1. The normalized spacial score (nSPS) is 39.0. The molecule has 4 amide bonds. The molecule has 6 nitrogen and oxygen atoms in total. The number of hydrogen-bond donors (Lipinski definition) is 1. The zero-order chi connectivity index (χ0) is 18.4. The van der Waals surface area contributed by atoms with E-state index < -0.39 is 11.6 Å². The average molecular weight is 349 g/mol. The Morgan fingerprint density at radius 2 is 1.52 bits per heavy atom. The Labute approximate surface area is 150 Å². The Morgan fingerprint density at radius 1 is 1.00 bits per heavy atom. The maximum atomic E-state index is 13.2. The third kappa shape index (κ3) is 2.83. The van der Waals surface area contributed by atoms with Gasteiger partial charge in [0, 0.05) is 12.1 Å². The topological polar surface area (TPSA) is 69.7 Å². The molecule has 140 valence electrons. The van der Waals surface area contributed by atoms with Gasteiger partial charge in [0.1, 0.15) is 12.1 Å². The number of imide groups is 1. The van der Waals surface area contributed by atoms with Crippen LogP contribution in [0.15, 0.2) is 0 Å². The lowest BCUT2D eigenvalue weighted by Crippen LogP contribution is -2.59. The molecule has 0 aromatic carbocycles. The lowest BCUT2D eigenvalue weighted by atomic mass is 9.67. The van der Waals surface area contributed by atoms with Crippen molar-refractivity contribution in [2.45, 2.75) is 83.8 Å². The molecular formula is C19H31N3O3. The third-order valence-electron chi connectivity index (χ3n) is 6.76. The van der Waals surface area contributed by atoms with Crippen LogP contribution in [0.1, 0.15) is 66.2 Å². The predicted octanol–water partition coefficient (Wildman–Crippen LogP) is 2.52. The standard InChI is InChI=1S/C19H31N3O3/c1-12-7-5-8-13(2)19(12)17(24)21(18(25)20-19)11-16(23)22-14(3)9-6-10-15(22)4/h12-15H,5-11H2,1-4H3,(H,20,25). The summed E-state index contributed by atoms with van der Waals surface area (Å²) in [7, 11) is 0. The lowest BCUT2D eigenvalue weighted by molar-refractivity contribution is -0.144. The van der Waals surface area contributed by atoms with Crippen LogP contribution >= 0.6 is 0 Å². The summed E-state index contributed by atoms with van der Waals surface area (Å²) in [5.41, 5.74) is -0.825. The van der Waals surface area contributed by atoms with Crippen LogP contribution in [0.3, 0.4) is 0 Å². The summed E-state index contributed by atoms with van der Waals surface area (Å²) in [4.78, 5) is 41.6.